The van der Waals surface area contributed by atoms with E-state index in [-0.39, 0.29) is 16.7 Å². The molecule has 6 heteroatoms. The van der Waals surface area contributed by atoms with Gasteiger partial charge < -0.3 is 5.32 Å². The summed E-state index contributed by atoms with van der Waals surface area (Å²) in [6.07, 6.45) is 1.99. The van der Waals surface area contributed by atoms with Gasteiger partial charge in [0.1, 0.15) is 0 Å². The van der Waals surface area contributed by atoms with Gasteiger partial charge in [0.05, 0.1) is 15.6 Å². The lowest BCUT2D eigenvalue weighted by atomic mass is 10.2. The number of nitrogens with one attached hydrogen (secondary N) is 1. The van der Waals surface area contributed by atoms with E-state index >= 15 is 0 Å². The fourth-order valence-electron chi connectivity index (χ4n) is 1.74. The summed E-state index contributed by atoms with van der Waals surface area (Å²) >= 11 is 5.94. The van der Waals surface area contributed by atoms with Gasteiger partial charge >= 0.3 is 0 Å². The summed E-state index contributed by atoms with van der Waals surface area (Å²) in [6.45, 7) is 2.00. The third-order valence-electron chi connectivity index (χ3n) is 3.07. The maximum Gasteiger partial charge on any atom is 0.227 e. The Morgan fingerprint density at radius 1 is 1.44 bits per heavy atom. The second-order valence-corrected chi connectivity index (χ2v) is 7.15. The Kier molecular flexibility index (Phi) is 3.38. The Morgan fingerprint density at radius 3 is 2.56 bits per heavy atom. The van der Waals surface area contributed by atoms with Crippen molar-refractivity contribution in [3.05, 3.63) is 23.2 Å². The molecule has 98 valence electrons. The summed E-state index contributed by atoms with van der Waals surface area (Å²) in [6, 6.07) is 4.29. The molecular formula is C12H14ClNO3S. The predicted molar refractivity (Wildman–Crippen MR) is 70.5 cm³/mol. The van der Waals surface area contributed by atoms with E-state index in [4.69, 9.17) is 11.6 Å². The number of halogens is 1. The lowest BCUT2D eigenvalue weighted by molar-refractivity contribution is -0.117. The third-order valence-corrected chi connectivity index (χ3v) is 4.51. The topological polar surface area (TPSA) is 63.2 Å². The van der Waals surface area contributed by atoms with E-state index in [1.807, 2.05) is 6.92 Å². The fraction of sp³-hybridized carbons (Fsp3) is 0.417. The van der Waals surface area contributed by atoms with Gasteiger partial charge in [-0.15, -0.1) is 0 Å². The summed E-state index contributed by atoms with van der Waals surface area (Å²) in [4.78, 5) is 11.9. The summed E-state index contributed by atoms with van der Waals surface area (Å²) in [5.74, 6) is 0.305. The molecule has 1 fully saturated rings. The summed E-state index contributed by atoms with van der Waals surface area (Å²) < 4.78 is 22.8. The van der Waals surface area contributed by atoms with Crippen molar-refractivity contribution in [3.8, 4) is 0 Å². The SMILES string of the molecule is C[C@H]1C[C@H]1C(=O)Nc1cc(S(C)(=O)=O)ccc1Cl. The Hall–Kier alpha value is -1.07. The third kappa shape index (κ3) is 2.84. The van der Waals surface area contributed by atoms with Crippen LogP contribution in [0.15, 0.2) is 23.1 Å². The molecule has 18 heavy (non-hydrogen) atoms. The molecule has 0 heterocycles. The number of hydrogen-bond donors (Lipinski definition) is 1. The quantitative estimate of drug-likeness (QED) is 0.928. The van der Waals surface area contributed by atoms with E-state index < -0.39 is 9.84 Å². The van der Waals surface area contributed by atoms with E-state index in [1.165, 1.54) is 18.2 Å². The highest BCUT2D eigenvalue weighted by Gasteiger charge is 2.39. The zero-order valence-electron chi connectivity index (χ0n) is 10.1. The van der Waals surface area contributed by atoms with Crippen LogP contribution in [-0.4, -0.2) is 20.6 Å². The van der Waals surface area contributed by atoms with Gasteiger partial charge in [-0.05, 0) is 30.5 Å². The molecule has 0 radical (unpaired) electrons. The van der Waals surface area contributed by atoms with Crippen LogP contribution in [-0.2, 0) is 14.6 Å². The molecule has 1 aliphatic carbocycles. The number of carbonyl (C=O) groups excluding carboxylic acids is 1. The normalized spacial score (nSPS) is 22.6. The molecule has 0 aliphatic heterocycles. The molecule has 1 amide bonds. The molecule has 2 atom stereocenters. The van der Waals surface area contributed by atoms with Crippen LogP contribution in [0.25, 0.3) is 0 Å². The summed E-state index contributed by atoms with van der Waals surface area (Å²) in [5.41, 5.74) is 0.351. The van der Waals surface area contributed by atoms with E-state index in [0.29, 0.717) is 16.6 Å². The predicted octanol–water partition coefficient (Wildman–Crippen LogP) is 2.34. The molecule has 0 saturated heterocycles. The van der Waals surface area contributed by atoms with Gasteiger partial charge in [0.25, 0.3) is 0 Å². The zero-order valence-corrected chi connectivity index (χ0v) is 11.7. The van der Waals surface area contributed by atoms with Crippen LogP contribution in [0.5, 0.6) is 0 Å². The summed E-state index contributed by atoms with van der Waals surface area (Å²) in [7, 11) is -3.30. The van der Waals surface area contributed by atoms with Crippen LogP contribution in [0.1, 0.15) is 13.3 Å². The molecule has 1 aromatic rings. The van der Waals surface area contributed by atoms with E-state index in [2.05, 4.69) is 5.32 Å². The standard InChI is InChI=1S/C12H14ClNO3S/c1-7-5-9(7)12(15)14-11-6-8(18(2,16)17)3-4-10(11)13/h3-4,6-7,9H,5H2,1-2H3,(H,14,15)/t7-,9+/m0/s1. The number of hydrogen-bond acceptors (Lipinski definition) is 3. The maximum atomic E-state index is 11.8. The van der Waals surface area contributed by atoms with Gasteiger partial charge in [-0.25, -0.2) is 8.42 Å². The van der Waals surface area contributed by atoms with E-state index in [0.717, 1.165) is 12.7 Å². The number of amides is 1. The van der Waals surface area contributed by atoms with Crippen molar-refractivity contribution in [2.24, 2.45) is 11.8 Å². The minimum absolute atomic E-state index is 0.0166. The molecular weight excluding hydrogens is 274 g/mol. The van der Waals surface area contributed by atoms with E-state index in [1.54, 1.807) is 0 Å². The van der Waals surface area contributed by atoms with Gasteiger partial charge in [0.15, 0.2) is 9.84 Å². The van der Waals surface area contributed by atoms with Gasteiger partial charge in [-0.2, -0.15) is 0 Å². The number of benzene rings is 1. The lowest BCUT2D eigenvalue weighted by Crippen LogP contribution is -2.15. The average Bonchev–Trinajstić information content (AvgIpc) is 2.97. The molecule has 0 spiro atoms. The number of rotatable bonds is 3. The first-order valence-electron chi connectivity index (χ1n) is 5.59. The van der Waals surface area contributed by atoms with Gasteiger partial charge in [0.2, 0.25) is 5.91 Å². The van der Waals surface area contributed by atoms with Crippen molar-refractivity contribution in [1.29, 1.82) is 0 Å². The molecule has 1 saturated carbocycles. The van der Waals surface area contributed by atoms with Gasteiger partial charge in [-0.1, -0.05) is 18.5 Å². The Bertz CT molecular complexity index is 597. The second-order valence-electron chi connectivity index (χ2n) is 4.72. The highest BCUT2D eigenvalue weighted by atomic mass is 35.5. The largest absolute Gasteiger partial charge is 0.324 e. The highest BCUT2D eigenvalue weighted by molar-refractivity contribution is 7.90. The molecule has 1 aliphatic rings. The van der Waals surface area contributed by atoms with Gasteiger partial charge in [-0.3, -0.25) is 4.79 Å². The lowest BCUT2D eigenvalue weighted by Gasteiger charge is -2.08. The smallest absolute Gasteiger partial charge is 0.227 e. The van der Waals surface area contributed by atoms with Gasteiger partial charge in [0, 0.05) is 12.2 Å². The minimum atomic E-state index is -3.30. The maximum absolute atomic E-state index is 11.8. The van der Waals surface area contributed by atoms with Crippen molar-refractivity contribution < 1.29 is 13.2 Å². The van der Waals surface area contributed by atoms with Crippen LogP contribution in [0, 0.1) is 11.8 Å². The molecule has 0 unspecified atom stereocenters. The molecule has 0 bridgehead atoms. The van der Waals surface area contributed by atoms with Crippen molar-refractivity contribution in [2.75, 3.05) is 11.6 Å². The molecule has 0 aromatic heterocycles. The van der Waals surface area contributed by atoms with Crippen molar-refractivity contribution in [3.63, 3.8) is 0 Å². The average molecular weight is 288 g/mol. The number of anilines is 1. The van der Waals surface area contributed by atoms with Crippen molar-refractivity contribution in [2.45, 2.75) is 18.2 Å². The second kappa shape index (κ2) is 4.55. The van der Waals surface area contributed by atoms with Crippen molar-refractivity contribution in [1.82, 2.24) is 0 Å². The first-order valence-corrected chi connectivity index (χ1v) is 7.86. The highest BCUT2D eigenvalue weighted by Crippen LogP contribution is 2.39. The first kappa shape index (κ1) is 13.4. The number of carbonyl (C=O) groups is 1. The molecule has 1 N–H and O–H groups in total. The summed E-state index contributed by atoms with van der Waals surface area (Å²) in [5, 5.41) is 3.02. The van der Waals surface area contributed by atoms with Crippen LogP contribution in [0.4, 0.5) is 5.69 Å². The van der Waals surface area contributed by atoms with Crippen LogP contribution in [0.3, 0.4) is 0 Å². The van der Waals surface area contributed by atoms with Crippen LogP contribution >= 0.6 is 11.6 Å². The molecule has 1 aromatic carbocycles. The fourth-order valence-corrected chi connectivity index (χ4v) is 2.56. The van der Waals surface area contributed by atoms with E-state index in [9.17, 15) is 13.2 Å². The molecule has 4 nitrogen and oxygen atoms in total. The molecule has 2 rings (SSSR count). The number of sulfone groups is 1. The van der Waals surface area contributed by atoms with Crippen molar-refractivity contribution >= 4 is 33.0 Å². The van der Waals surface area contributed by atoms with Crippen LogP contribution < -0.4 is 5.32 Å². The zero-order chi connectivity index (χ0) is 13.5. The monoisotopic (exact) mass is 287 g/mol. The first-order chi connectivity index (χ1) is 8.29. The van der Waals surface area contributed by atoms with Crippen LogP contribution in [0.2, 0.25) is 5.02 Å². The Labute approximate surface area is 111 Å². The minimum Gasteiger partial charge on any atom is -0.324 e. The Morgan fingerprint density at radius 2 is 2.06 bits per heavy atom. The Balaban J connectivity index is 2.24.